The van der Waals surface area contributed by atoms with Gasteiger partial charge < -0.3 is 23.8 Å². The highest BCUT2D eigenvalue weighted by Gasteiger charge is 2.36. The molecule has 1 unspecified atom stereocenters. The van der Waals surface area contributed by atoms with Gasteiger partial charge in [0.05, 0.1) is 19.8 Å². The molecule has 0 aromatic carbocycles. The molecule has 1 aliphatic heterocycles. The number of amides is 1. The standard InChI is InChI=1S/C17H24ClN4O6P/c1-3-27-29(24,28-4-2)13-25-9-6-10-26-17(7-5-8-22-17)15-14(21-12-23)16(18)20-11-19-15/h5,7-8,11-12H,3-4,6,9-10,13H2,1-2H3,(H,21,23). The topological polar surface area (TPSA) is 121 Å². The Kier molecular flexibility index (Phi) is 9.35. The van der Waals surface area contributed by atoms with E-state index in [1.807, 2.05) is 0 Å². The zero-order valence-corrected chi connectivity index (χ0v) is 17.9. The zero-order chi connectivity index (χ0) is 21.2. The molecule has 0 fully saturated rings. The van der Waals surface area contributed by atoms with Crippen LogP contribution in [-0.2, 0) is 33.6 Å². The van der Waals surface area contributed by atoms with E-state index in [4.69, 9.17) is 30.1 Å². The van der Waals surface area contributed by atoms with Crippen molar-refractivity contribution in [2.45, 2.75) is 26.0 Å². The van der Waals surface area contributed by atoms with Crippen LogP contribution in [0.15, 0.2) is 23.5 Å². The first kappa shape index (κ1) is 23.6. The van der Waals surface area contributed by atoms with E-state index in [-0.39, 0.29) is 43.6 Å². The lowest BCUT2D eigenvalue weighted by molar-refractivity contribution is -0.105. The summed E-state index contributed by atoms with van der Waals surface area (Å²) >= 11 is 6.07. The lowest BCUT2D eigenvalue weighted by atomic mass is 10.1. The first-order valence-electron chi connectivity index (χ1n) is 9.04. The normalized spacial score (nSPS) is 18.3. The van der Waals surface area contributed by atoms with Crippen molar-refractivity contribution < 1.29 is 27.9 Å². The molecule has 160 valence electrons. The summed E-state index contributed by atoms with van der Waals surface area (Å²) in [5.74, 6) is 0. The molecule has 0 saturated carbocycles. The zero-order valence-electron chi connectivity index (χ0n) is 16.2. The number of carbonyl (C=O) groups excluding carboxylic acids is 1. The highest BCUT2D eigenvalue weighted by Crippen LogP contribution is 2.47. The molecule has 1 aliphatic rings. The number of nitrogens with one attached hydrogen (secondary N) is 1. The molecule has 0 radical (unpaired) electrons. The van der Waals surface area contributed by atoms with Crippen LogP contribution in [0.3, 0.4) is 0 Å². The van der Waals surface area contributed by atoms with Gasteiger partial charge in [0.25, 0.3) is 0 Å². The van der Waals surface area contributed by atoms with Crippen molar-refractivity contribution >= 4 is 37.5 Å². The summed E-state index contributed by atoms with van der Waals surface area (Å²) in [6.45, 7) is 4.54. The molecule has 12 heteroatoms. The highest BCUT2D eigenvalue weighted by atomic mass is 35.5. The second-order valence-corrected chi connectivity index (χ2v) is 8.02. The van der Waals surface area contributed by atoms with Gasteiger partial charge in [-0.15, -0.1) is 0 Å². The fraction of sp³-hybridized carbons (Fsp3) is 0.529. The summed E-state index contributed by atoms with van der Waals surface area (Å²) < 4.78 is 34.0. The number of ether oxygens (including phenoxy) is 2. The first-order valence-corrected chi connectivity index (χ1v) is 11.1. The number of anilines is 1. The van der Waals surface area contributed by atoms with Gasteiger partial charge in [-0.3, -0.25) is 9.36 Å². The van der Waals surface area contributed by atoms with E-state index in [0.717, 1.165) is 0 Å². The van der Waals surface area contributed by atoms with Crippen molar-refractivity contribution in [3.63, 3.8) is 0 Å². The summed E-state index contributed by atoms with van der Waals surface area (Å²) in [4.78, 5) is 23.3. The number of aromatic nitrogens is 2. The van der Waals surface area contributed by atoms with Crippen molar-refractivity contribution in [3.8, 4) is 0 Å². The average Bonchev–Trinajstić information content (AvgIpc) is 3.16. The van der Waals surface area contributed by atoms with Gasteiger partial charge in [-0.1, -0.05) is 11.6 Å². The van der Waals surface area contributed by atoms with Gasteiger partial charge >= 0.3 is 7.60 Å². The highest BCUT2D eigenvalue weighted by molar-refractivity contribution is 7.53. The second kappa shape index (κ2) is 11.5. The predicted octanol–water partition coefficient (Wildman–Crippen LogP) is 3.14. The van der Waals surface area contributed by atoms with Crippen molar-refractivity contribution in [1.82, 2.24) is 9.97 Å². The molecule has 10 nitrogen and oxygen atoms in total. The SMILES string of the molecule is CCOP(=O)(COCCCOC1(c2ncnc(Cl)c2NC=O)C=CC=N1)OCC. The van der Waals surface area contributed by atoms with Gasteiger partial charge in [0, 0.05) is 12.8 Å². The molecular formula is C17H24ClN4O6P. The van der Waals surface area contributed by atoms with Crippen LogP contribution >= 0.6 is 19.2 Å². The van der Waals surface area contributed by atoms with Crippen LogP contribution in [0.1, 0.15) is 26.0 Å². The van der Waals surface area contributed by atoms with Crippen molar-refractivity contribution in [3.05, 3.63) is 29.3 Å². The van der Waals surface area contributed by atoms with Crippen molar-refractivity contribution in [2.75, 3.05) is 38.1 Å². The molecule has 0 bridgehead atoms. The number of nitrogens with zero attached hydrogens (tertiary/aromatic N) is 3. The van der Waals surface area contributed by atoms with Crippen LogP contribution in [0.25, 0.3) is 0 Å². The molecule has 1 N–H and O–H groups in total. The largest absolute Gasteiger partial charge is 0.369 e. The van der Waals surface area contributed by atoms with Crippen LogP contribution in [0.4, 0.5) is 5.69 Å². The van der Waals surface area contributed by atoms with E-state index < -0.39 is 13.3 Å². The van der Waals surface area contributed by atoms with Crippen LogP contribution in [-0.4, -0.2) is 55.4 Å². The van der Waals surface area contributed by atoms with Gasteiger partial charge in [-0.2, -0.15) is 0 Å². The van der Waals surface area contributed by atoms with E-state index in [0.29, 0.717) is 18.5 Å². The predicted molar refractivity (Wildman–Crippen MR) is 108 cm³/mol. The number of hydrogen-bond donors (Lipinski definition) is 1. The Labute approximate surface area is 174 Å². The monoisotopic (exact) mass is 446 g/mol. The van der Waals surface area contributed by atoms with E-state index in [1.165, 1.54) is 6.33 Å². The smallest absolute Gasteiger partial charge is 0.356 e. The minimum absolute atomic E-state index is 0.0755. The molecule has 2 heterocycles. The Morgan fingerprint density at radius 3 is 2.62 bits per heavy atom. The molecule has 1 atom stereocenters. The Balaban J connectivity index is 1.94. The maximum Gasteiger partial charge on any atom is 0.356 e. The Morgan fingerprint density at radius 1 is 1.24 bits per heavy atom. The van der Waals surface area contributed by atoms with Crippen molar-refractivity contribution in [1.29, 1.82) is 0 Å². The molecule has 1 aromatic rings. The van der Waals surface area contributed by atoms with Gasteiger partial charge in [-0.25, -0.2) is 15.0 Å². The molecular weight excluding hydrogens is 423 g/mol. The molecule has 1 aromatic heterocycles. The number of carbonyl (C=O) groups is 1. The summed E-state index contributed by atoms with van der Waals surface area (Å²) in [5, 5.41) is 2.56. The second-order valence-electron chi connectivity index (χ2n) is 5.67. The summed E-state index contributed by atoms with van der Waals surface area (Å²) in [6, 6.07) is 0. The number of rotatable bonds is 14. The third kappa shape index (κ3) is 6.40. The third-order valence-electron chi connectivity index (χ3n) is 3.67. The molecule has 0 spiro atoms. The number of allylic oxidation sites excluding steroid dienone is 1. The maximum absolute atomic E-state index is 12.3. The van der Waals surface area contributed by atoms with Crippen LogP contribution in [0.2, 0.25) is 5.15 Å². The van der Waals surface area contributed by atoms with E-state index in [9.17, 15) is 9.36 Å². The molecule has 2 rings (SSSR count). The Hall–Kier alpha value is -1.68. The van der Waals surface area contributed by atoms with Gasteiger partial charge in [0.2, 0.25) is 12.1 Å². The fourth-order valence-corrected chi connectivity index (χ4v) is 4.11. The summed E-state index contributed by atoms with van der Waals surface area (Å²) in [6.07, 6.45) is 7.07. The van der Waals surface area contributed by atoms with E-state index >= 15 is 0 Å². The van der Waals surface area contributed by atoms with E-state index in [2.05, 4.69) is 20.3 Å². The minimum Gasteiger partial charge on any atom is -0.369 e. The number of hydrogen-bond acceptors (Lipinski definition) is 9. The van der Waals surface area contributed by atoms with Crippen LogP contribution < -0.4 is 5.32 Å². The quantitative estimate of drug-likeness (QED) is 0.200. The first-order chi connectivity index (χ1) is 14.0. The Bertz CT molecular complexity index is 769. The van der Waals surface area contributed by atoms with Crippen LogP contribution in [0.5, 0.6) is 0 Å². The van der Waals surface area contributed by atoms with Gasteiger partial charge in [-0.05, 0) is 32.4 Å². The molecule has 29 heavy (non-hydrogen) atoms. The lowest BCUT2D eigenvalue weighted by Gasteiger charge is -2.26. The number of halogens is 1. The maximum atomic E-state index is 12.3. The molecule has 1 amide bonds. The Morgan fingerprint density at radius 2 is 2.00 bits per heavy atom. The average molecular weight is 447 g/mol. The van der Waals surface area contributed by atoms with Crippen molar-refractivity contribution in [2.24, 2.45) is 4.99 Å². The number of aliphatic imine (C=N–C) groups is 1. The van der Waals surface area contributed by atoms with Gasteiger partial charge in [0.1, 0.15) is 24.1 Å². The van der Waals surface area contributed by atoms with Crippen LogP contribution in [0, 0.1) is 0 Å². The van der Waals surface area contributed by atoms with Gasteiger partial charge in [0.15, 0.2) is 5.15 Å². The third-order valence-corrected chi connectivity index (χ3v) is 5.76. The van der Waals surface area contributed by atoms with E-state index in [1.54, 1.807) is 32.2 Å². The summed E-state index contributed by atoms with van der Waals surface area (Å²) in [7, 11) is -3.24. The lowest BCUT2D eigenvalue weighted by Crippen LogP contribution is -2.27. The minimum atomic E-state index is -3.24. The molecule has 0 aliphatic carbocycles. The fourth-order valence-electron chi connectivity index (χ4n) is 2.56. The molecule has 0 saturated heterocycles. The summed E-state index contributed by atoms with van der Waals surface area (Å²) in [5.41, 5.74) is -0.699.